The van der Waals surface area contributed by atoms with E-state index in [2.05, 4.69) is 114 Å². The van der Waals surface area contributed by atoms with Gasteiger partial charge in [0.05, 0.1) is 11.0 Å². The first-order valence-electron chi connectivity index (χ1n) is 19.0. The molecule has 0 aliphatic carbocycles. The van der Waals surface area contributed by atoms with Crippen molar-refractivity contribution in [1.82, 2.24) is 19.5 Å². The highest BCUT2D eigenvalue weighted by Crippen LogP contribution is 2.39. The molecule has 0 aliphatic heterocycles. The lowest BCUT2D eigenvalue weighted by Crippen LogP contribution is -2.00. The number of fused-ring (bicyclic) bond motifs is 9. The van der Waals surface area contributed by atoms with E-state index in [0.29, 0.717) is 17.5 Å². The SMILES string of the molecule is c1ccc(-c2nc(-c3ccccc3)nc(-c3ccc4oc5cc(-c6ccc7c(c6)oc6ccc(-n8c9ccccc9c9ccccc98)cc67)ccc5c4c3)n2)cc1. The summed E-state index contributed by atoms with van der Waals surface area (Å²) in [6.07, 6.45) is 0. The highest BCUT2D eigenvalue weighted by Gasteiger charge is 2.17. The summed E-state index contributed by atoms with van der Waals surface area (Å²) in [4.78, 5) is 14.7. The van der Waals surface area contributed by atoms with Crippen molar-refractivity contribution in [2.45, 2.75) is 0 Å². The highest BCUT2D eigenvalue weighted by molar-refractivity contribution is 6.11. The molecule has 6 nitrogen and oxygen atoms in total. The largest absolute Gasteiger partial charge is 0.456 e. The Balaban J connectivity index is 0.921. The topological polar surface area (TPSA) is 69.9 Å². The zero-order valence-corrected chi connectivity index (χ0v) is 30.4. The van der Waals surface area contributed by atoms with E-state index in [0.717, 1.165) is 77.4 Å². The van der Waals surface area contributed by atoms with Crippen molar-refractivity contribution in [2.24, 2.45) is 0 Å². The Labute approximate surface area is 325 Å². The summed E-state index contributed by atoms with van der Waals surface area (Å²) in [7, 11) is 0. The molecule has 0 N–H and O–H groups in total. The zero-order chi connectivity index (χ0) is 37.5. The van der Waals surface area contributed by atoms with E-state index >= 15 is 0 Å². The zero-order valence-electron chi connectivity index (χ0n) is 30.4. The predicted molar refractivity (Wildman–Crippen MR) is 230 cm³/mol. The molecule has 4 aromatic heterocycles. The molecule has 266 valence electrons. The Kier molecular flexibility index (Phi) is 6.83. The maximum atomic E-state index is 6.48. The van der Waals surface area contributed by atoms with Crippen molar-refractivity contribution >= 4 is 65.7 Å². The lowest BCUT2D eigenvalue weighted by atomic mass is 10.0. The standard InChI is InChI=1S/C51H30N4O2/c1-3-11-31(12-4-1)49-52-50(32-13-5-2-6-14-32)54-51(53-49)35-21-25-45-41(27-35)39-23-19-33(28-47(39)56-45)34-20-24-40-42-30-36(22-26-46(42)57-48(40)29-34)55-43-17-9-7-15-37(43)38-16-8-10-18-44(38)55/h1-30H. The second kappa shape index (κ2) is 12.3. The smallest absolute Gasteiger partial charge is 0.164 e. The number of furan rings is 2. The minimum absolute atomic E-state index is 0.608. The van der Waals surface area contributed by atoms with E-state index in [1.807, 2.05) is 72.8 Å². The van der Waals surface area contributed by atoms with Crippen LogP contribution in [0, 0.1) is 0 Å². The Morgan fingerprint density at radius 3 is 1.32 bits per heavy atom. The summed E-state index contributed by atoms with van der Waals surface area (Å²) in [6, 6.07) is 62.8. The van der Waals surface area contributed by atoms with Crippen LogP contribution in [0.4, 0.5) is 0 Å². The monoisotopic (exact) mass is 730 g/mol. The summed E-state index contributed by atoms with van der Waals surface area (Å²) < 4.78 is 15.3. The third-order valence-electron chi connectivity index (χ3n) is 11.1. The number of aromatic nitrogens is 4. The molecule has 4 heterocycles. The first-order chi connectivity index (χ1) is 28.2. The molecule has 0 amide bonds. The van der Waals surface area contributed by atoms with Crippen molar-refractivity contribution in [3.63, 3.8) is 0 Å². The Morgan fingerprint density at radius 1 is 0.298 bits per heavy atom. The minimum Gasteiger partial charge on any atom is -0.456 e. The van der Waals surface area contributed by atoms with Gasteiger partial charge in [-0.1, -0.05) is 109 Å². The van der Waals surface area contributed by atoms with Crippen LogP contribution in [0.3, 0.4) is 0 Å². The molecular formula is C51H30N4O2. The average Bonchev–Trinajstić information content (AvgIpc) is 3.95. The predicted octanol–water partition coefficient (Wildman–Crippen LogP) is 13.4. The van der Waals surface area contributed by atoms with Gasteiger partial charge in [0.25, 0.3) is 0 Å². The van der Waals surface area contributed by atoms with Crippen LogP contribution in [0.15, 0.2) is 191 Å². The number of hydrogen-bond donors (Lipinski definition) is 0. The molecule has 0 saturated carbocycles. The lowest BCUT2D eigenvalue weighted by molar-refractivity contribution is 0.668. The molecule has 57 heavy (non-hydrogen) atoms. The van der Waals surface area contributed by atoms with Crippen molar-refractivity contribution in [2.75, 3.05) is 0 Å². The van der Waals surface area contributed by atoms with Gasteiger partial charge in [-0.3, -0.25) is 0 Å². The van der Waals surface area contributed by atoms with Gasteiger partial charge in [-0.25, -0.2) is 15.0 Å². The highest BCUT2D eigenvalue weighted by atomic mass is 16.3. The van der Waals surface area contributed by atoms with Crippen molar-refractivity contribution in [1.29, 1.82) is 0 Å². The molecule has 0 radical (unpaired) electrons. The van der Waals surface area contributed by atoms with E-state index in [9.17, 15) is 0 Å². The molecule has 0 saturated heterocycles. The molecule has 0 bridgehead atoms. The number of nitrogens with zero attached hydrogens (tertiary/aromatic N) is 4. The molecule has 0 unspecified atom stereocenters. The first kappa shape index (κ1) is 31.5. The maximum Gasteiger partial charge on any atom is 0.164 e. The van der Waals surface area contributed by atoms with Gasteiger partial charge >= 0.3 is 0 Å². The summed E-state index contributed by atoms with van der Waals surface area (Å²) in [6.45, 7) is 0. The van der Waals surface area contributed by atoms with Gasteiger partial charge in [0, 0.05) is 54.7 Å². The van der Waals surface area contributed by atoms with Gasteiger partial charge in [-0.05, 0) is 83.9 Å². The van der Waals surface area contributed by atoms with Crippen molar-refractivity contribution in [3.8, 4) is 51.0 Å². The maximum absolute atomic E-state index is 6.48. The van der Waals surface area contributed by atoms with Crippen molar-refractivity contribution < 1.29 is 8.83 Å². The molecular weight excluding hydrogens is 701 g/mol. The Hall–Kier alpha value is -7.83. The molecule has 8 aromatic carbocycles. The summed E-state index contributed by atoms with van der Waals surface area (Å²) >= 11 is 0. The second-order valence-electron chi connectivity index (χ2n) is 14.4. The Morgan fingerprint density at radius 2 is 0.754 bits per heavy atom. The van der Waals surface area contributed by atoms with E-state index in [1.165, 1.54) is 21.8 Å². The molecule has 12 aromatic rings. The average molecular weight is 731 g/mol. The van der Waals surface area contributed by atoms with Crippen LogP contribution in [-0.4, -0.2) is 19.5 Å². The quantitative estimate of drug-likeness (QED) is 0.176. The van der Waals surface area contributed by atoms with E-state index < -0.39 is 0 Å². The van der Waals surface area contributed by atoms with Crippen LogP contribution in [0.1, 0.15) is 0 Å². The van der Waals surface area contributed by atoms with Gasteiger partial charge in [0.1, 0.15) is 22.3 Å². The van der Waals surface area contributed by atoms with E-state index in [-0.39, 0.29) is 0 Å². The molecule has 12 rings (SSSR count). The molecule has 0 fully saturated rings. The van der Waals surface area contributed by atoms with Crippen LogP contribution >= 0.6 is 0 Å². The van der Waals surface area contributed by atoms with Gasteiger partial charge in [-0.15, -0.1) is 0 Å². The fraction of sp³-hybridized carbons (Fsp3) is 0. The van der Waals surface area contributed by atoms with Gasteiger partial charge < -0.3 is 13.4 Å². The third kappa shape index (κ3) is 5.08. The van der Waals surface area contributed by atoms with Crippen LogP contribution in [0.5, 0.6) is 0 Å². The van der Waals surface area contributed by atoms with Crippen LogP contribution in [-0.2, 0) is 0 Å². The summed E-state index contributed by atoms with van der Waals surface area (Å²) in [5, 5.41) is 6.69. The lowest BCUT2D eigenvalue weighted by Gasteiger charge is -2.08. The number of benzene rings is 8. The minimum atomic E-state index is 0.608. The van der Waals surface area contributed by atoms with Crippen LogP contribution in [0.25, 0.3) is 117 Å². The number of para-hydroxylation sites is 2. The molecule has 0 aliphatic rings. The summed E-state index contributed by atoms with van der Waals surface area (Å²) in [5.74, 6) is 1.87. The normalized spacial score (nSPS) is 11.9. The van der Waals surface area contributed by atoms with Crippen LogP contribution < -0.4 is 0 Å². The first-order valence-corrected chi connectivity index (χ1v) is 19.0. The van der Waals surface area contributed by atoms with Crippen LogP contribution in [0.2, 0.25) is 0 Å². The number of rotatable bonds is 5. The van der Waals surface area contributed by atoms with Gasteiger partial charge in [0.2, 0.25) is 0 Å². The van der Waals surface area contributed by atoms with Gasteiger partial charge in [0.15, 0.2) is 17.5 Å². The van der Waals surface area contributed by atoms with E-state index in [1.54, 1.807) is 0 Å². The fourth-order valence-electron chi connectivity index (χ4n) is 8.32. The fourth-order valence-corrected chi connectivity index (χ4v) is 8.32. The second-order valence-corrected chi connectivity index (χ2v) is 14.4. The molecule has 6 heteroatoms. The van der Waals surface area contributed by atoms with Crippen molar-refractivity contribution in [3.05, 3.63) is 182 Å². The van der Waals surface area contributed by atoms with E-state index in [4.69, 9.17) is 23.8 Å². The third-order valence-corrected chi connectivity index (χ3v) is 11.1. The molecule has 0 spiro atoms. The summed E-state index contributed by atoms with van der Waals surface area (Å²) in [5.41, 5.74) is 11.7. The molecule has 0 atom stereocenters. The Bertz CT molecular complexity index is 3410. The number of hydrogen-bond acceptors (Lipinski definition) is 5. The van der Waals surface area contributed by atoms with Gasteiger partial charge in [-0.2, -0.15) is 0 Å².